The molecule has 1 rings (SSSR count). The number of hydrogen-bond acceptors (Lipinski definition) is 5. The molecule has 6 nitrogen and oxygen atoms in total. The number of nitrogens with two attached hydrogens (primary N) is 1. The highest BCUT2D eigenvalue weighted by Gasteiger charge is 2.14. The number of aromatic nitrogens is 2. The number of anilines is 1. The van der Waals surface area contributed by atoms with Crippen LogP contribution in [0.4, 0.5) is 6.01 Å². The Morgan fingerprint density at radius 3 is 3.00 bits per heavy atom. The van der Waals surface area contributed by atoms with Crippen LogP contribution < -0.4 is 11.1 Å². The number of amides is 1. The maximum Gasteiger partial charge on any atom is 0.322 e. The van der Waals surface area contributed by atoms with Crippen molar-refractivity contribution in [3.63, 3.8) is 0 Å². The number of nitrogens with one attached hydrogen (secondary N) is 1. The van der Waals surface area contributed by atoms with E-state index >= 15 is 0 Å². The van der Waals surface area contributed by atoms with Gasteiger partial charge in [0.25, 0.3) is 0 Å². The minimum Gasteiger partial charge on any atom is -0.408 e. The number of rotatable bonds is 3. The second kappa shape index (κ2) is 4.39. The van der Waals surface area contributed by atoms with Crippen LogP contribution in [0.15, 0.2) is 4.42 Å². The lowest BCUT2D eigenvalue weighted by Gasteiger charge is -2.05. The molecule has 1 amide bonds. The van der Waals surface area contributed by atoms with Crippen LogP contribution in [0.2, 0.25) is 0 Å². The Balaban J connectivity index is 2.53. The van der Waals surface area contributed by atoms with E-state index in [0.717, 1.165) is 0 Å². The van der Waals surface area contributed by atoms with E-state index in [-0.39, 0.29) is 12.4 Å². The number of nitrogens with zero attached hydrogens (tertiary/aromatic N) is 2. The number of terminal acetylenes is 1. The second-order valence-electron chi connectivity index (χ2n) is 2.63. The minimum atomic E-state index is -0.757. The second-order valence-corrected chi connectivity index (χ2v) is 2.63. The molecule has 74 valence electrons. The van der Waals surface area contributed by atoms with Crippen molar-refractivity contribution in [1.82, 2.24) is 10.2 Å². The van der Waals surface area contributed by atoms with E-state index in [0.29, 0.717) is 5.89 Å². The summed E-state index contributed by atoms with van der Waals surface area (Å²) in [6, 6.07) is -0.729. The van der Waals surface area contributed by atoms with Crippen molar-refractivity contribution < 1.29 is 9.21 Å². The summed E-state index contributed by atoms with van der Waals surface area (Å²) < 4.78 is 4.92. The molecule has 0 aromatic carbocycles. The number of hydrogen-bond donors (Lipinski definition) is 2. The van der Waals surface area contributed by atoms with E-state index in [1.165, 1.54) is 0 Å². The third-order valence-electron chi connectivity index (χ3n) is 1.43. The van der Waals surface area contributed by atoms with Gasteiger partial charge in [-0.15, -0.1) is 17.4 Å². The maximum absolute atomic E-state index is 11.3. The van der Waals surface area contributed by atoms with Gasteiger partial charge < -0.3 is 10.2 Å². The first-order valence-electron chi connectivity index (χ1n) is 3.93. The van der Waals surface area contributed by atoms with Crippen molar-refractivity contribution in [2.75, 3.05) is 5.32 Å². The number of carbonyl (C=O) groups is 1. The van der Waals surface area contributed by atoms with Gasteiger partial charge in [0.1, 0.15) is 0 Å². The van der Waals surface area contributed by atoms with Gasteiger partial charge >= 0.3 is 6.01 Å². The molecule has 3 N–H and O–H groups in total. The molecule has 0 saturated carbocycles. The third kappa shape index (κ3) is 2.57. The molecule has 1 unspecified atom stereocenters. The maximum atomic E-state index is 11.3. The van der Waals surface area contributed by atoms with Gasteiger partial charge in [-0.2, -0.15) is 0 Å². The zero-order chi connectivity index (χ0) is 10.6. The molecule has 0 aliphatic carbocycles. The van der Waals surface area contributed by atoms with Gasteiger partial charge in [0.05, 0.1) is 6.04 Å². The average molecular weight is 194 g/mol. The Kier molecular flexibility index (Phi) is 3.20. The molecule has 0 aliphatic heterocycles. The molecule has 0 bridgehead atoms. The third-order valence-corrected chi connectivity index (χ3v) is 1.43. The first-order chi connectivity index (χ1) is 6.63. The molecule has 1 aromatic heterocycles. The first kappa shape index (κ1) is 10.2. The molecule has 1 atom stereocenters. The van der Waals surface area contributed by atoms with Gasteiger partial charge in [0.15, 0.2) is 0 Å². The summed E-state index contributed by atoms with van der Waals surface area (Å²) in [6.45, 7) is 1.62. The lowest BCUT2D eigenvalue weighted by Crippen LogP contribution is -2.35. The molecule has 14 heavy (non-hydrogen) atoms. The van der Waals surface area contributed by atoms with E-state index in [1.807, 2.05) is 0 Å². The summed E-state index contributed by atoms with van der Waals surface area (Å²) >= 11 is 0. The van der Waals surface area contributed by atoms with E-state index < -0.39 is 11.9 Å². The van der Waals surface area contributed by atoms with Crippen molar-refractivity contribution in [2.45, 2.75) is 19.4 Å². The summed E-state index contributed by atoms with van der Waals surface area (Å²) in [5, 5.41) is 9.45. The Morgan fingerprint density at radius 2 is 2.50 bits per heavy atom. The van der Waals surface area contributed by atoms with Crippen molar-refractivity contribution >= 4 is 11.9 Å². The van der Waals surface area contributed by atoms with Crippen molar-refractivity contribution in [3.8, 4) is 12.3 Å². The normalized spacial score (nSPS) is 11.8. The van der Waals surface area contributed by atoms with Crippen LogP contribution in [0.1, 0.15) is 12.3 Å². The fourth-order valence-corrected chi connectivity index (χ4v) is 0.765. The van der Waals surface area contributed by atoms with Crippen LogP contribution >= 0.6 is 0 Å². The lowest BCUT2D eigenvalue weighted by molar-refractivity contribution is -0.117. The molecule has 6 heteroatoms. The van der Waals surface area contributed by atoms with E-state index in [9.17, 15) is 4.79 Å². The average Bonchev–Trinajstić information content (AvgIpc) is 2.51. The zero-order valence-electron chi connectivity index (χ0n) is 7.65. The number of carbonyl (C=O) groups excluding carboxylic acids is 1. The highest BCUT2D eigenvalue weighted by atomic mass is 16.4. The Bertz CT molecular complexity index is 366. The summed E-state index contributed by atoms with van der Waals surface area (Å²) in [5.74, 6) is 2.22. The SMILES string of the molecule is C#CCC(N)C(=O)Nc1nnc(C)o1. The molecular formula is C8H10N4O2. The van der Waals surface area contributed by atoms with Crippen LogP contribution in [-0.2, 0) is 4.79 Å². The van der Waals surface area contributed by atoms with Gasteiger partial charge in [0.2, 0.25) is 11.8 Å². The molecule has 0 saturated heterocycles. The Labute approximate surface area is 80.9 Å². The molecule has 1 aromatic rings. The van der Waals surface area contributed by atoms with Crippen LogP contribution in [0, 0.1) is 19.3 Å². The van der Waals surface area contributed by atoms with Gasteiger partial charge in [-0.05, 0) is 0 Å². The van der Waals surface area contributed by atoms with Crippen molar-refractivity contribution in [3.05, 3.63) is 5.89 Å². The largest absolute Gasteiger partial charge is 0.408 e. The van der Waals surface area contributed by atoms with Crippen LogP contribution in [0.3, 0.4) is 0 Å². The fourth-order valence-electron chi connectivity index (χ4n) is 0.765. The van der Waals surface area contributed by atoms with E-state index in [2.05, 4.69) is 21.4 Å². The van der Waals surface area contributed by atoms with Crippen molar-refractivity contribution in [2.24, 2.45) is 5.73 Å². The zero-order valence-corrected chi connectivity index (χ0v) is 7.65. The van der Waals surface area contributed by atoms with Crippen LogP contribution in [-0.4, -0.2) is 22.1 Å². The summed E-state index contributed by atoms with van der Waals surface area (Å²) in [6.07, 6.45) is 5.17. The highest BCUT2D eigenvalue weighted by Crippen LogP contribution is 2.04. The first-order valence-corrected chi connectivity index (χ1v) is 3.93. The number of aryl methyl sites for hydroxylation is 1. The molecule has 1 heterocycles. The van der Waals surface area contributed by atoms with Gasteiger partial charge in [-0.25, -0.2) is 0 Å². The monoisotopic (exact) mass is 194 g/mol. The Hall–Kier alpha value is -1.87. The standard InChI is InChI=1S/C8H10N4O2/c1-3-4-6(9)7(13)10-8-12-11-5(2)14-8/h1,6H,4,9H2,2H3,(H,10,12,13). The molecular weight excluding hydrogens is 184 g/mol. The summed E-state index contributed by atoms with van der Waals surface area (Å²) in [4.78, 5) is 11.3. The summed E-state index contributed by atoms with van der Waals surface area (Å²) in [7, 11) is 0. The van der Waals surface area contributed by atoms with E-state index in [1.54, 1.807) is 6.92 Å². The van der Waals surface area contributed by atoms with Crippen molar-refractivity contribution in [1.29, 1.82) is 0 Å². The van der Waals surface area contributed by atoms with Gasteiger partial charge in [-0.3, -0.25) is 10.1 Å². The smallest absolute Gasteiger partial charge is 0.322 e. The minimum absolute atomic E-state index is 0.0278. The predicted octanol–water partition coefficient (Wildman–Crippen LogP) is -0.333. The van der Waals surface area contributed by atoms with Gasteiger partial charge in [-0.1, -0.05) is 5.10 Å². The fraction of sp³-hybridized carbons (Fsp3) is 0.375. The van der Waals surface area contributed by atoms with E-state index in [4.69, 9.17) is 16.6 Å². The van der Waals surface area contributed by atoms with Crippen LogP contribution in [0.25, 0.3) is 0 Å². The quantitative estimate of drug-likeness (QED) is 0.642. The lowest BCUT2D eigenvalue weighted by atomic mass is 10.2. The molecule has 0 spiro atoms. The predicted molar refractivity (Wildman–Crippen MR) is 49.1 cm³/mol. The summed E-state index contributed by atoms with van der Waals surface area (Å²) in [5.41, 5.74) is 5.44. The topological polar surface area (TPSA) is 94.0 Å². The highest BCUT2D eigenvalue weighted by molar-refractivity contribution is 5.93. The van der Waals surface area contributed by atoms with Gasteiger partial charge in [0, 0.05) is 13.3 Å². The van der Waals surface area contributed by atoms with Crippen LogP contribution in [0.5, 0.6) is 0 Å². The molecule has 0 radical (unpaired) electrons. The molecule has 0 aliphatic rings. The Morgan fingerprint density at radius 1 is 1.79 bits per heavy atom. The molecule has 0 fully saturated rings.